The van der Waals surface area contributed by atoms with Crippen LogP contribution in [0.4, 0.5) is 11.4 Å². The number of carbonyl (C=O) groups excluding carboxylic acids is 2. The van der Waals surface area contributed by atoms with Gasteiger partial charge in [0, 0.05) is 48.7 Å². The lowest BCUT2D eigenvalue weighted by Gasteiger charge is -2.29. The number of hydrogen-bond acceptors (Lipinski definition) is 5. The summed E-state index contributed by atoms with van der Waals surface area (Å²) in [5.74, 6) is -0.913. The van der Waals surface area contributed by atoms with E-state index in [1.807, 2.05) is 24.3 Å². The maximum absolute atomic E-state index is 12.6. The zero-order chi connectivity index (χ0) is 19.3. The van der Waals surface area contributed by atoms with Crippen molar-refractivity contribution in [3.63, 3.8) is 0 Å². The van der Waals surface area contributed by atoms with Crippen molar-refractivity contribution in [3.05, 3.63) is 59.7 Å². The van der Waals surface area contributed by atoms with Gasteiger partial charge in [-0.05, 0) is 67.8 Å². The summed E-state index contributed by atoms with van der Waals surface area (Å²) in [6.45, 7) is 5.23. The normalized spacial score (nSPS) is 17.4. The van der Waals surface area contributed by atoms with E-state index in [1.165, 1.54) is 19.3 Å². The van der Waals surface area contributed by atoms with Crippen molar-refractivity contribution in [2.24, 2.45) is 0 Å². The smallest absolute Gasteiger partial charge is 0.233 e. The molecular formula is C23H26N2O3. The van der Waals surface area contributed by atoms with E-state index in [9.17, 15) is 9.59 Å². The van der Waals surface area contributed by atoms with Crippen molar-refractivity contribution in [2.75, 3.05) is 49.2 Å². The number of rotatable bonds is 5. The van der Waals surface area contributed by atoms with E-state index < -0.39 is 11.6 Å². The van der Waals surface area contributed by atoms with Crippen LogP contribution in [-0.2, 0) is 4.74 Å². The molecule has 2 aromatic carbocycles. The fraction of sp³-hybridized carbons (Fsp3) is 0.391. The van der Waals surface area contributed by atoms with Crippen molar-refractivity contribution in [1.29, 1.82) is 0 Å². The lowest BCUT2D eigenvalue weighted by molar-refractivity contribution is 0.0817. The first-order valence-electron chi connectivity index (χ1n) is 10.1. The molecule has 2 aliphatic rings. The van der Waals surface area contributed by atoms with Crippen LogP contribution in [0.3, 0.4) is 0 Å². The van der Waals surface area contributed by atoms with Gasteiger partial charge in [0.15, 0.2) is 0 Å². The zero-order valence-electron chi connectivity index (χ0n) is 16.1. The van der Waals surface area contributed by atoms with Crippen molar-refractivity contribution in [2.45, 2.75) is 19.3 Å². The van der Waals surface area contributed by atoms with Gasteiger partial charge in [0.25, 0.3) is 0 Å². The molecule has 0 aromatic heterocycles. The zero-order valence-corrected chi connectivity index (χ0v) is 16.1. The van der Waals surface area contributed by atoms with Gasteiger partial charge in [0.2, 0.25) is 11.6 Å². The number of carbonyl (C=O) groups is 2. The molecule has 0 N–H and O–H groups in total. The Morgan fingerprint density at radius 2 is 1.04 bits per heavy atom. The summed E-state index contributed by atoms with van der Waals surface area (Å²) in [4.78, 5) is 29.8. The highest BCUT2D eigenvalue weighted by Gasteiger charge is 2.20. The molecule has 2 fully saturated rings. The molecule has 5 nitrogen and oxygen atoms in total. The molecule has 0 unspecified atom stereocenters. The molecule has 0 bridgehead atoms. The van der Waals surface area contributed by atoms with Gasteiger partial charge in [-0.2, -0.15) is 0 Å². The Labute approximate surface area is 165 Å². The van der Waals surface area contributed by atoms with Crippen LogP contribution in [0.1, 0.15) is 40.0 Å². The molecule has 0 saturated carbocycles. The molecule has 0 atom stereocenters. The summed E-state index contributed by atoms with van der Waals surface area (Å²) in [6, 6.07) is 14.7. The lowest BCUT2D eigenvalue weighted by Crippen LogP contribution is -2.36. The second-order valence-electron chi connectivity index (χ2n) is 7.40. The van der Waals surface area contributed by atoms with E-state index in [-0.39, 0.29) is 0 Å². The topological polar surface area (TPSA) is 49.9 Å². The average molecular weight is 378 g/mol. The molecule has 4 rings (SSSR count). The van der Waals surface area contributed by atoms with Gasteiger partial charge in [-0.1, -0.05) is 0 Å². The van der Waals surface area contributed by atoms with Crippen molar-refractivity contribution in [1.82, 2.24) is 0 Å². The van der Waals surface area contributed by atoms with Gasteiger partial charge in [0.1, 0.15) is 0 Å². The molecule has 146 valence electrons. The predicted molar refractivity (Wildman–Crippen MR) is 111 cm³/mol. The molecule has 2 aliphatic heterocycles. The Bertz CT molecular complexity index is 746. The predicted octanol–water partition coefficient (Wildman–Crippen LogP) is 3.58. The van der Waals surface area contributed by atoms with Crippen LogP contribution in [-0.4, -0.2) is 51.0 Å². The van der Waals surface area contributed by atoms with Crippen LogP contribution >= 0.6 is 0 Å². The van der Waals surface area contributed by atoms with E-state index in [0.29, 0.717) is 24.3 Å². The number of hydrogen-bond donors (Lipinski definition) is 0. The number of ketones is 2. The third kappa shape index (κ3) is 4.09. The summed E-state index contributed by atoms with van der Waals surface area (Å²) >= 11 is 0. The van der Waals surface area contributed by atoms with Crippen LogP contribution in [0, 0.1) is 0 Å². The molecule has 2 saturated heterocycles. The average Bonchev–Trinajstić information content (AvgIpc) is 2.79. The summed E-state index contributed by atoms with van der Waals surface area (Å²) in [5.41, 5.74) is 3.06. The standard InChI is InChI=1S/C23H26N2O3/c26-22(18-4-8-20(9-5-18)24-12-2-1-3-13-24)23(27)19-6-10-21(11-7-19)25-14-16-28-17-15-25/h4-11H,1-3,12-17H2. The minimum atomic E-state index is -0.459. The molecular weight excluding hydrogens is 352 g/mol. The molecule has 0 aliphatic carbocycles. The van der Waals surface area contributed by atoms with Crippen molar-refractivity contribution < 1.29 is 14.3 Å². The van der Waals surface area contributed by atoms with Gasteiger partial charge in [0.05, 0.1) is 13.2 Å². The van der Waals surface area contributed by atoms with Crippen LogP contribution in [0.5, 0.6) is 0 Å². The van der Waals surface area contributed by atoms with Gasteiger partial charge in [-0.3, -0.25) is 9.59 Å². The minimum Gasteiger partial charge on any atom is -0.378 e. The molecule has 5 heteroatoms. The van der Waals surface area contributed by atoms with E-state index in [0.717, 1.165) is 37.6 Å². The highest BCUT2D eigenvalue weighted by Crippen LogP contribution is 2.22. The van der Waals surface area contributed by atoms with Crippen LogP contribution in [0.15, 0.2) is 48.5 Å². The Hall–Kier alpha value is -2.66. The van der Waals surface area contributed by atoms with E-state index >= 15 is 0 Å². The van der Waals surface area contributed by atoms with Crippen molar-refractivity contribution in [3.8, 4) is 0 Å². The fourth-order valence-corrected chi connectivity index (χ4v) is 3.88. The lowest BCUT2D eigenvalue weighted by atomic mass is 10.0. The maximum atomic E-state index is 12.6. The summed E-state index contributed by atoms with van der Waals surface area (Å²) in [5, 5.41) is 0. The summed E-state index contributed by atoms with van der Waals surface area (Å²) in [7, 11) is 0. The molecule has 28 heavy (non-hydrogen) atoms. The number of ether oxygens (including phenoxy) is 1. The Kier molecular flexibility index (Phi) is 5.72. The molecule has 0 spiro atoms. The van der Waals surface area contributed by atoms with Gasteiger partial charge in [-0.25, -0.2) is 0 Å². The van der Waals surface area contributed by atoms with Crippen LogP contribution in [0.25, 0.3) is 0 Å². The number of morpholine rings is 1. The molecule has 0 radical (unpaired) electrons. The Morgan fingerprint density at radius 1 is 0.607 bits per heavy atom. The number of benzene rings is 2. The van der Waals surface area contributed by atoms with E-state index in [2.05, 4.69) is 9.80 Å². The third-order valence-electron chi connectivity index (χ3n) is 5.56. The quantitative estimate of drug-likeness (QED) is 0.588. The Balaban J connectivity index is 1.43. The van der Waals surface area contributed by atoms with Gasteiger partial charge < -0.3 is 14.5 Å². The monoisotopic (exact) mass is 378 g/mol. The summed E-state index contributed by atoms with van der Waals surface area (Å²) < 4.78 is 5.37. The highest BCUT2D eigenvalue weighted by molar-refractivity contribution is 6.49. The molecule has 0 amide bonds. The largest absolute Gasteiger partial charge is 0.378 e. The number of Topliss-reactive ketones (excluding diaryl/α,β-unsaturated/α-hetero) is 2. The Morgan fingerprint density at radius 3 is 1.50 bits per heavy atom. The van der Waals surface area contributed by atoms with Crippen LogP contribution in [0.2, 0.25) is 0 Å². The third-order valence-corrected chi connectivity index (χ3v) is 5.56. The molecule has 2 heterocycles. The highest BCUT2D eigenvalue weighted by atomic mass is 16.5. The first kappa shape index (κ1) is 18.7. The van der Waals surface area contributed by atoms with Gasteiger partial charge >= 0.3 is 0 Å². The van der Waals surface area contributed by atoms with Gasteiger partial charge in [-0.15, -0.1) is 0 Å². The summed E-state index contributed by atoms with van der Waals surface area (Å²) in [6.07, 6.45) is 3.70. The molecule has 2 aromatic rings. The fourth-order valence-electron chi connectivity index (χ4n) is 3.88. The second-order valence-corrected chi connectivity index (χ2v) is 7.40. The number of nitrogens with zero attached hydrogens (tertiary/aromatic N) is 2. The van der Waals surface area contributed by atoms with Crippen LogP contribution < -0.4 is 9.80 Å². The number of piperidine rings is 1. The van der Waals surface area contributed by atoms with Crippen molar-refractivity contribution >= 4 is 22.9 Å². The van der Waals surface area contributed by atoms with E-state index in [1.54, 1.807) is 24.3 Å². The second kappa shape index (κ2) is 8.57. The SMILES string of the molecule is O=C(C(=O)c1ccc(N2CCOCC2)cc1)c1ccc(N2CCCCC2)cc1. The first-order chi connectivity index (χ1) is 13.7. The van der Waals surface area contributed by atoms with E-state index in [4.69, 9.17) is 4.74 Å². The minimum absolute atomic E-state index is 0.433. The first-order valence-corrected chi connectivity index (χ1v) is 10.1. The number of anilines is 2. The maximum Gasteiger partial charge on any atom is 0.233 e.